The van der Waals surface area contributed by atoms with Crippen molar-refractivity contribution in [1.82, 2.24) is 14.7 Å². The first-order valence-electron chi connectivity index (χ1n) is 10.0. The summed E-state index contributed by atoms with van der Waals surface area (Å²) in [5.41, 5.74) is 4.71. The maximum absolute atomic E-state index is 13.0. The van der Waals surface area contributed by atoms with Gasteiger partial charge in [-0.1, -0.05) is 24.3 Å². The van der Waals surface area contributed by atoms with E-state index in [1.54, 1.807) is 39.3 Å². The number of carbonyl (C=O) groups is 1. The second kappa shape index (κ2) is 9.55. The average molecular weight is 424 g/mol. The van der Waals surface area contributed by atoms with Gasteiger partial charge in [0, 0.05) is 30.4 Å². The molecule has 0 radical (unpaired) electrons. The lowest BCUT2D eigenvalue weighted by Crippen LogP contribution is -2.28. The molecule has 3 aromatic rings. The van der Waals surface area contributed by atoms with Crippen molar-refractivity contribution in [3.63, 3.8) is 0 Å². The molecule has 0 bridgehead atoms. The Morgan fingerprint density at radius 2 is 1.65 bits per heavy atom. The smallest absolute Gasteiger partial charge is 0.227 e. The highest BCUT2D eigenvalue weighted by atomic mass is 16.5. The summed E-state index contributed by atoms with van der Waals surface area (Å²) in [4.78, 5) is 14.7. The van der Waals surface area contributed by atoms with Gasteiger partial charge in [0.25, 0.3) is 0 Å². The van der Waals surface area contributed by atoms with Gasteiger partial charge in [0.2, 0.25) is 11.7 Å². The minimum atomic E-state index is -0.0308. The van der Waals surface area contributed by atoms with E-state index in [2.05, 4.69) is 5.10 Å². The molecule has 7 nitrogen and oxygen atoms in total. The van der Waals surface area contributed by atoms with Crippen LogP contribution in [0.15, 0.2) is 42.5 Å². The minimum Gasteiger partial charge on any atom is -0.493 e. The summed E-state index contributed by atoms with van der Waals surface area (Å²) in [6, 6.07) is 13.6. The van der Waals surface area contributed by atoms with Crippen molar-refractivity contribution in [2.75, 3.05) is 28.4 Å². The second-order valence-corrected chi connectivity index (χ2v) is 7.32. The zero-order chi connectivity index (χ0) is 22.5. The van der Waals surface area contributed by atoms with Crippen LogP contribution in [0.5, 0.6) is 17.2 Å². The fraction of sp³-hybridized carbons (Fsp3) is 0.333. The molecular weight excluding hydrogens is 394 g/mol. The van der Waals surface area contributed by atoms with E-state index in [1.165, 1.54) is 0 Å². The molecule has 0 atom stereocenters. The SMILES string of the molecule is COc1ccc(CC(=O)N(C)Cc2c(C)nn(-c3ccccc3)c2C)c(OC)c1OC. The topological polar surface area (TPSA) is 65.8 Å². The number of aromatic nitrogens is 2. The van der Waals surface area contributed by atoms with Gasteiger partial charge in [-0.3, -0.25) is 4.79 Å². The summed E-state index contributed by atoms with van der Waals surface area (Å²) in [5.74, 6) is 1.52. The molecular formula is C24H29N3O4. The molecule has 164 valence electrons. The van der Waals surface area contributed by atoms with E-state index >= 15 is 0 Å². The van der Waals surface area contributed by atoms with Crippen LogP contribution in [-0.2, 0) is 17.8 Å². The molecule has 0 spiro atoms. The van der Waals surface area contributed by atoms with Gasteiger partial charge in [-0.2, -0.15) is 5.10 Å². The van der Waals surface area contributed by atoms with Crippen molar-refractivity contribution in [3.05, 3.63) is 65.0 Å². The Kier molecular flexibility index (Phi) is 6.84. The number of para-hydroxylation sites is 1. The highest BCUT2D eigenvalue weighted by Gasteiger charge is 2.21. The summed E-state index contributed by atoms with van der Waals surface area (Å²) in [6.45, 7) is 4.47. The van der Waals surface area contributed by atoms with Crippen molar-refractivity contribution in [1.29, 1.82) is 0 Å². The van der Waals surface area contributed by atoms with Crippen LogP contribution in [0.4, 0.5) is 0 Å². The van der Waals surface area contributed by atoms with Crippen molar-refractivity contribution >= 4 is 5.91 Å². The summed E-state index contributed by atoms with van der Waals surface area (Å²) in [7, 11) is 6.47. The molecule has 0 fully saturated rings. The van der Waals surface area contributed by atoms with Crippen molar-refractivity contribution in [3.8, 4) is 22.9 Å². The molecule has 3 rings (SSSR count). The summed E-state index contributed by atoms with van der Waals surface area (Å²) in [6.07, 6.45) is 0.185. The molecule has 1 heterocycles. The van der Waals surface area contributed by atoms with Gasteiger partial charge in [0.1, 0.15) is 0 Å². The van der Waals surface area contributed by atoms with Crippen LogP contribution < -0.4 is 14.2 Å². The van der Waals surface area contributed by atoms with Crippen LogP contribution in [0, 0.1) is 13.8 Å². The largest absolute Gasteiger partial charge is 0.493 e. The third-order valence-corrected chi connectivity index (χ3v) is 5.39. The maximum atomic E-state index is 13.0. The van der Waals surface area contributed by atoms with E-state index in [1.807, 2.05) is 54.9 Å². The molecule has 31 heavy (non-hydrogen) atoms. The van der Waals surface area contributed by atoms with Crippen molar-refractivity contribution in [2.45, 2.75) is 26.8 Å². The molecule has 0 saturated carbocycles. The molecule has 0 saturated heterocycles. The Morgan fingerprint density at radius 3 is 2.26 bits per heavy atom. The number of carbonyl (C=O) groups excluding carboxylic acids is 1. The summed E-state index contributed by atoms with van der Waals surface area (Å²) >= 11 is 0. The number of nitrogens with zero attached hydrogens (tertiary/aromatic N) is 3. The molecule has 1 amide bonds. The molecule has 0 aliphatic rings. The highest BCUT2D eigenvalue weighted by molar-refractivity contribution is 5.80. The van der Waals surface area contributed by atoms with Crippen LogP contribution in [0.2, 0.25) is 0 Å². The van der Waals surface area contributed by atoms with Gasteiger partial charge >= 0.3 is 0 Å². The van der Waals surface area contributed by atoms with Crippen LogP contribution in [0.1, 0.15) is 22.5 Å². The van der Waals surface area contributed by atoms with Crippen LogP contribution >= 0.6 is 0 Å². The second-order valence-electron chi connectivity index (χ2n) is 7.32. The Labute approximate surface area is 183 Å². The van der Waals surface area contributed by atoms with E-state index in [4.69, 9.17) is 14.2 Å². The van der Waals surface area contributed by atoms with Crippen LogP contribution in [0.25, 0.3) is 5.69 Å². The predicted molar refractivity (Wildman–Crippen MR) is 119 cm³/mol. The Bertz CT molecular complexity index is 1060. The van der Waals surface area contributed by atoms with Gasteiger partial charge < -0.3 is 19.1 Å². The van der Waals surface area contributed by atoms with E-state index in [0.29, 0.717) is 23.8 Å². The minimum absolute atomic E-state index is 0.0308. The number of rotatable bonds is 8. The number of methoxy groups -OCH3 is 3. The zero-order valence-electron chi connectivity index (χ0n) is 18.9. The number of benzene rings is 2. The normalized spacial score (nSPS) is 10.6. The summed E-state index contributed by atoms with van der Waals surface area (Å²) in [5, 5.41) is 4.67. The van der Waals surface area contributed by atoms with E-state index in [-0.39, 0.29) is 12.3 Å². The molecule has 1 aromatic heterocycles. The Morgan fingerprint density at radius 1 is 0.968 bits per heavy atom. The number of hydrogen-bond donors (Lipinski definition) is 0. The third-order valence-electron chi connectivity index (χ3n) is 5.39. The van der Waals surface area contributed by atoms with Crippen molar-refractivity contribution in [2.24, 2.45) is 0 Å². The number of aryl methyl sites for hydroxylation is 1. The number of hydrogen-bond acceptors (Lipinski definition) is 5. The Balaban J connectivity index is 1.80. The van der Waals surface area contributed by atoms with Gasteiger partial charge in [0.15, 0.2) is 11.5 Å². The molecule has 0 aliphatic heterocycles. The number of likely N-dealkylation sites (N-methyl/N-ethyl adjacent to an activating group) is 1. The lowest BCUT2D eigenvalue weighted by Gasteiger charge is -2.20. The monoisotopic (exact) mass is 423 g/mol. The van der Waals surface area contributed by atoms with Gasteiger partial charge in [-0.05, 0) is 32.0 Å². The van der Waals surface area contributed by atoms with E-state index < -0.39 is 0 Å². The van der Waals surface area contributed by atoms with Crippen LogP contribution in [-0.4, -0.2) is 49.0 Å². The van der Waals surface area contributed by atoms with Gasteiger partial charge in [0.05, 0.1) is 39.1 Å². The predicted octanol–water partition coefficient (Wildman–Crippen LogP) is 3.72. The van der Waals surface area contributed by atoms with Gasteiger partial charge in [-0.15, -0.1) is 0 Å². The van der Waals surface area contributed by atoms with E-state index in [9.17, 15) is 4.79 Å². The van der Waals surface area contributed by atoms with E-state index in [0.717, 1.165) is 28.2 Å². The fourth-order valence-electron chi connectivity index (χ4n) is 3.65. The summed E-state index contributed by atoms with van der Waals surface area (Å²) < 4.78 is 18.2. The first-order valence-corrected chi connectivity index (χ1v) is 10.0. The van der Waals surface area contributed by atoms with Gasteiger partial charge in [-0.25, -0.2) is 4.68 Å². The standard InChI is InChI=1S/C24H29N3O4/c1-16-20(17(2)27(25-16)19-10-8-7-9-11-19)15-26(3)22(28)14-18-12-13-21(29-4)24(31-6)23(18)30-5/h7-13H,14-15H2,1-6H3. The first-order chi connectivity index (χ1) is 14.9. The number of ether oxygens (including phenoxy) is 3. The molecule has 2 aromatic carbocycles. The molecule has 0 unspecified atom stereocenters. The highest BCUT2D eigenvalue weighted by Crippen LogP contribution is 2.40. The van der Waals surface area contributed by atoms with Crippen molar-refractivity contribution < 1.29 is 19.0 Å². The quantitative estimate of drug-likeness (QED) is 0.553. The molecule has 7 heteroatoms. The molecule has 0 aliphatic carbocycles. The lowest BCUT2D eigenvalue weighted by atomic mass is 10.1. The molecule has 0 N–H and O–H groups in total. The Hall–Kier alpha value is -3.48. The third kappa shape index (κ3) is 4.50. The zero-order valence-corrected chi connectivity index (χ0v) is 18.9. The average Bonchev–Trinajstić information content (AvgIpc) is 3.07. The number of amides is 1. The maximum Gasteiger partial charge on any atom is 0.227 e. The first kappa shape index (κ1) is 22.2. The lowest BCUT2D eigenvalue weighted by molar-refractivity contribution is -0.129. The fourth-order valence-corrected chi connectivity index (χ4v) is 3.65. The van der Waals surface area contributed by atoms with Crippen LogP contribution in [0.3, 0.4) is 0 Å².